The van der Waals surface area contributed by atoms with Crippen molar-refractivity contribution in [1.82, 2.24) is 5.32 Å². The highest BCUT2D eigenvalue weighted by atomic mass is 32.1. The molecule has 2 rings (SSSR count). The summed E-state index contributed by atoms with van der Waals surface area (Å²) in [5.74, 6) is -1.52. The number of aromatic hydroxyl groups is 4. The van der Waals surface area contributed by atoms with Gasteiger partial charge in [-0.3, -0.25) is 0 Å². The number of thiocarbonyl (C=S) groups is 1. The first kappa shape index (κ1) is 21.0. The van der Waals surface area contributed by atoms with Crippen LogP contribution in [0.15, 0.2) is 42.5 Å². The van der Waals surface area contributed by atoms with Gasteiger partial charge in [0.15, 0.2) is 23.0 Å². The molecule has 0 aliphatic heterocycles. The van der Waals surface area contributed by atoms with Crippen LogP contribution in [0.5, 0.6) is 23.0 Å². The van der Waals surface area contributed by atoms with Gasteiger partial charge < -0.3 is 30.5 Å². The Morgan fingerprint density at radius 2 is 1.71 bits per heavy atom. The zero-order chi connectivity index (χ0) is 20.7. The van der Waals surface area contributed by atoms with Crippen molar-refractivity contribution in [3.63, 3.8) is 0 Å². The molecule has 2 aromatic rings. The largest absolute Gasteiger partial charge is 0.504 e. The molecular formula is C20H21NO6S. The number of rotatable bonds is 7. The van der Waals surface area contributed by atoms with Gasteiger partial charge in [-0.2, -0.15) is 0 Å². The fourth-order valence-corrected chi connectivity index (χ4v) is 2.61. The van der Waals surface area contributed by atoms with Gasteiger partial charge in [0.1, 0.15) is 6.04 Å². The summed E-state index contributed by atoms with van der Waals surface area (Å²) in [6, 6.07) is 7.80. The number of hydrogen-bond acceptors (Lipinski definition) is 7. The predicted octanol–water partition coefficient (Wildman–Crippen LogP) is 2.61. The van der Waals surface area contributed by atoms with Gasteiger partial charge in [0, 0.05) is 6.42 Å². The van der Waals surface area contributed by atoms with Gasteiger partial charge in [-0.1, -0.05) is 30.4 Å². The highest BCUT2D eigenvalue weighted by Crippen LogP contribution is 2.26. The molecule has 0 saturated heterocycles. The molecule has 0 bridgehead atoms. The molecular weight excluding hydrogens is 382 g/mol. The van der Waals surface area contributed by atoms with Gasteiger partial charge in [0.2, 0.25) is 0 Å². The van der Waals surface area contributed by atoms with E-state index in [4.69, 9.17) is 17.0 Å². The number of carbonyl (C=O) groups excluding carboxylic acids is 1. The standard InChI is InChI=1S/C20H21NO6S/c1-2-27-20(26)14(9-13-4-7-16(23)18(25)11-13)21-19(28)8-5-12-3-6-15(22)17(24)10-12/h3-8,10-11,14,22-25H,2,9H2,1H3,(H,21,28). The molecule has 0 saturated carbocycles. The lowest BCUT2D eigenvalue weighted by molar-refractivity contribution is -0.145. The number of carbonyl (C=O) groups is 1. The van der Waals surface area contributed by atoms with Crippen LogP contribution in [0.1, 0.15) is 18.1 Å². The first-order chi connectivity index (χ1) is 13.3. The van der Waals surface area contributed by atoms with Crippen molar-refractivity contribution in [3.8, 4) is 23.0 Å². The second-order valence-corrected chi connectivity index (χ2v) is 6.36. The predicted molar refractivity (Wildman–Crippen MR) is 108 cm³/mol. The highest BCUT2D eigenvalue weighted by molar-refractivity contribution is 7.80. The number of nitrogens with one attached hydrogen (secondary N) is 1. The second-order valence-electron chi connectivity index (χ2n) is 5.92. The third-order valence-corrected chi connectivity index (χ3v) is 4.05. The first-order valence-electron chi connectivity index (χ1n) is 8.48. The molecule has 0 aliphatic rings. The minimum atomic E-state index is -0.797. The van der Waals surface area contributed by atoms with Crippen molar-refractivity contribution in [2.75, 3.05) is 6.61 Å². The van der Waals surface area contributed by atoms with Crippen LogP contribution in [0.2, 0.25) is 0 Å². The van der Waals surface area contributed by atoms with Gasteiger partial charge in [-0.25, -0.2) is 4.79 Å². The van der Waals surface area contributed by atoms with Crippen molar-refractivity contribution in [2.24, 2.45) is 0 Å². The van der Waals surface area contributed by atoms with E-state index in [0.717, 1.165) is 0 Å². The molecule has 2 aromatic carbocycles. The summed E-state index contributed by atoms with van der Waals surface area (Å²) in [5.41, 5.74) is 1.21. The maximum absolute atomic E-state index is 12.3. The van der Waals surface area contributed by atoms with E-state index in [9.17, 15) is 25.2 Å². The molecule has 1 unspecified atom stereocenters. The lowest BCUT2D eigenvalue weighted by Gasteiger charge is -2.18. The average Bonchev–Trinajstić information content (AvgIpc) is 2.65. The van der Waals surface area contributed by atoms with E-state index in [1.165, 1.54) is 24.3 Å². The van der Waals surface area contributed by atoms with Crippen LogP contribution < -0.4 is 5.32 Å². The Kier molecular flexibility index (Phi) is 7.22. The van der Waals surface area contributed by atoms with Crippen LogP contribution in [0.25, 0.3) is 6.08 Å². The van der Waals surface area contributed by atoms with E-state index in [0.29, 0.717) is 11.1 Å². The molecule has 0 radical (unpaired) electrons. The van der Waals surface area contributed by atoms with Crippen LogP contribution in [-0.4, -0.2) is 44.0 Å². The molecule has 28 heavy (non-hydrogen) atoms. The van der Waals surface area contributed by atoms with Crippen molar-refractivity contribution < 1.29 is 30.0 Å². The summed E-state index contributed by atoms with van der Waals surface area (Å²) in [7, 11) is 0. The molecule has 0 aromatic heterocycles. The van der Waals surface area contributed by atoms with Gasteiger partial charge in [-0.05, 0) is 48.4 Å². The zero-order valence-electron chi connectivity index (χ0n) is 15.1. The molecule has 0 spiro atoms. The van der Waals surface area contributed by atoms with E-state index in [1.807, 2.05) is 0 Å². The molecule has 0 heterocycles. The first-order valence-corrected chi connectivity index (χ1v) is 8.89. The molecule has 7 nitrogen and oxygen atoms in total. The van der Waals surface area contributed by atoms with Crippen LogP contribution in [0.4, 0.5) is 0 Å². The summed E-state index contributed by atoms with van der Waals surface area (Å²) in [6.07, 6.45) is 3.34. The van der Waals surface area contributed by atoms with Crippen LogP contribution in [0, 0.1) is 0 Å². The van der Waals surface area contributed by atoms with Crippen LogP contribution in [-0.2, 0) is 16.0 Å². The third kappa shape index (κ3) is 5.88. The van der Waals surface area contributed by atoms with Gasteiger partial charge in [-0.15, -0.1) is 0 Å². The van der Waals surface area contributed by atoms with Crippen LogP contribution >= 0.6 is 12.2 Å². The number of phenolic OH excluding ortho intramolecular Hbond substituents is 4. The van der Waals surface area contributed by atoms with Crippen molar-refractivity contribution in [2.45, 2.75) is 19.4 Å². The van der Waals surface area contributed by atoms with Gasteiger partial charge >= 0.3 is 5.97 Å². The monoisotopic (exact) mass is 403 g/mol. The summed E-state index contributed by atoms with van der Waals surface area (Å²) in [5, 5.41) is 40.8. The fraction of sp³-hybridized carbons (Fsp3) is 0.200. The minimum Gasteiger partial charge on any atom is -0.504 e. The number of esters is 1. The molecule has 0 amide bonds. The molecule has 5 N–H and O–H groups in total. The summed E-state index contributed by atoms with van der Waals surface area (Å²) >= 11 is 5.25. The highest BCUT2D eigenvalue weighted by Gasteiger charge is 2.21. The molecule has 0 fully saturated rings. The van der Waals surface area contributed by atoms with E-state index in [1.54, 1.807) is 31.2 Å². The molecule has 148 valence electrons. The SMILES string of the molecule is CCOC(=O)C(Cc1ccc(O)c(O)c1)NC(=S)C=Cc1ccc(O)c(O)c1. The quantitative estimate of drug-likeness (QED) is 0.207. The molecule has 1 atom stereocenters. The lowest BCUT2D eigenvalue weighted by Crippen LogP contribution is -2.42. The fourth-order valence-electron chi connectivity index (χ4n) is 2.40. The smallest absolute Gasteiger partial charge is 0.328 e. The third-order valence-electron chi connectivity index (χ3n) is 3.79. The Hall–Kier alpha value is -3.26. The van der Waals surface area contributed by atoms with Crippen LogP contribution in [0.3, 0.4) is 0 Å². The van der Waals surface area contributed by atoms with E-state index in [-0.39, 0.29) is 41.0 Å². The lowest BCUT2D eigenvalue weighted by atomic mass is 10.1. The van der Waals surface area contributed by atoms with Gasteiger partial charge in [0.05, 0.1) is 11.6 Å². The minimum absolute atomic E-state index is 0.181. The van der Waals surface area contributed by atoms with E-state index >= 15 is 0 Å². The summed E-state index contributed by atoms with van der Waals surface area (Å²) < 4.78 is 5.06. The maximum Gasteiger partial charge on any atom is 0.328 e. The topological polar surface area (TPSA) is 119 Å². The number of benzene rings is 2. The Bertz CT molecular complexity index is 896. The Morgan fingerprint density at radius 3 is 2.32 bits per heavy atom. The number of hydrogen-bond donors (Lipinski definition) is 5. The maximum atomic E-state index is 12.3. The van der Waals surface area contributed by atoms with Crippen molar-refractivity contribution >= 4 is 29.3 Å². The molecule has 0 aliphatic carbocycles. The summed E-state index contributed by atoms with van der Waals surface area (Å²) in [6.45, 7) is 1.89. The van der Waals surface area contributed by atoms with Crippen molar-refractivity contribution in [1.29, 1.82) is 0 Å². The zero-order valence-corrected chi connectivity index (χ0v) is 15.9. The summed E-state index contributed by atoms with van der Waals surface area (Å²) in [4.78, 5) is 12.5. The second kappa shape index (κ2) is 9.61. The number of phenols is 4. The Morgan fingerprint density at radius 1 is 1.07 bits per heavy atom. The average molecular weight is 403 g/mol. The Balaban J connectivity index is 2.11. The van der Waals surface area contributed by atoms with Gasteiger partial charge in [0.25, 0.3) is 0 Å². The van der Waals surface area contributed by atoms with E-state index in [2.05, 4.69) is 5.32 Å². The van der Waals surface area contributed by atoms with E-state index < -0.39 is 12.0 Å². The molecule has 8 heteroatoms. The normalized spacial score (nSPS) is 11.9. The Labute approximate surface area is 167 Å². The van der Waals surface area contributed by atoms with Crippen molar-refractivity contribution in [3.05, 3.63) is 53.6 Å². The number of ether oxygens (including phenoxy) is 1.